The number of pyridine rings is 1. The predicted octanol–water partition coefficient (Wildman–Crippen LogP) is 3.54. The number of benzene rings is 1. The van der Waals surface area contributed by atoms with Gasteiger partial charge in [0.1, 0.15) is 5.82 Å². The van der Waals surface area contributed by atoms with Gasteiger partial charge >= 0.3 is 6.03 Å². The molecule has 26 heavy (non-hydrogen) atoms. The van der Waals surface area contributed by atoms with E-state index in [-0.39, 0.29) is 12.1 Å². The minimum Gasteiger partial charge on any atom is -0.331 e. The van der Waals surface area contributed by atoms with Crippen LogP contribution in [0.3, 0.4) is 0 Å². The molecule has 0 unspecified atom stereocenters. The van der Waals surface area contributed by atoms with E-state index >= 15 is 0 Å². The third kappa shape index (κ3) is 4.47. The third-order valence-electron chi connectivity index (χ3n) is 4.20. The molecule has 3 rings (SSSR count). The van der Waals surface area contributed by atoms with Crippen molar-refractivity contribution >= 4 is 11.8 Å². The maximum atomic E-state index is 12.5. The third-order valence-corrected chi connectivity index (χ3v) is 4.20. The van der Waals surface area contributed by atoms with Crippen molar-refractivity contribution in [3.63, 3.8) is 0 Å². The van der Waals surface area contributed by atoms with Crippen LogP contribution in [0.25, 0.3) is 0 Å². The summed E-state index contributed by atoms with van der Waals surface area (Å²) in [7, 11) is 1.80. The standard InChI is InChI=1S/C20H23N5O/c1-14-6-8-16(9-7-14)12-18(17-5-4-10-21-13-17)22-20(26)23-19-11-15(2)24-25(19)3/h4-11,13,18H,12H2,1-3H3,(H2,22,23,26)/t18-/m1/s1. The van der Waals surface area contributed by atoms with E-state index in [1.54, 1.807) is 24.1 Å². The molecule has 2 N–H and O–H groups in total. The van der Waals surface area contributed by atoms with E-state index in [0.717, 1.165) is 16.8 Å². The fourth-order valence-electron chi connectivity index (χ4n) is 2.83. The summed E-state index contributed by atoms with van der Waals surface area (Å²) in [6, 6.07) is 13.6. The molecule has 0 aliphatic rings. The van der Waals surface area contributed by atoms with Gasteiger partial charge in [0.15, 0.2) is 0 Å². The molecule has 2 aromatic heterocycles. The van der Waals surface area contributed by atoms with Crippen LogP contribution in [-0.2, 0) is 13.5 Å². The van der Waals surface area contributed by atoms with Crippen LogP contribution in [0.4, 0.5) is 10.6 Å². The highest BCUT2D eigenvalue weighted by Crippen LogP contribution is 2.19. The zero-order chi connectivity index (χ0) is 18.5. The van der Waals surface area contributed by atoms with E-state index in [1.165, 1.54) is 5.56 Å². The van der Waals surface area contributed by atoms with E-state index in [4.69, 9.17) is 0 Å². The van der Waals surface area contributed by atoms with Crippen molar-refractivity contribution in [2.24, 2.45) is 7.05 Å². The zero-order valence-corrected chi connectivity index (χ0v) is 15.2. The van der Waals surface area contributed by atoms with Gasteiger partial charge < -0.3 is 5.32 Å². The van der Waals surface area contributed by atoms with Crippen molar-refractivity contribution in [2.45, 2.75) is 26.3 Å². The molecule has 0 aliphatic heterocycles. The van der Waals surface area contributed by atoms with Crippen molar-refractivity contribution in [3.05, 3.63) is 77.2 Å². The first kappa shape index (κ1) is 17.7. The number of anilines is 1. The molecule has 0 saturated heterocycles. The Morgan fingerprint density at radius 3 is 2.58 bits per heavy atom. The number of carbonyl (C=O) groups is 1. The number of carbonyl (C=O) groups excluding carboxylic acids is 1. The Hall–Kier alpha value is -3.15. The summed E-state index contributed by atoms with van der Waals surface area (Å²) in [6.07, 6.45) is 4.20. The van der Waals surface area contributed by atoms with Crippen molar-refractivity contribution < 1.29 is 4.79 Å². The van der Waals surface area contributed by atoms with Crippen molar-refractivity contribution in [1.82, 2.24) is 20.1 Å². The van der Waals surface area contributed by atoms with E-state index < -0.39 is 0 Å². The Bertz CT molecular complexity index is 871. The zero-order valence-electron chi connectivity index (χ0n) is 15.2. The number of amides is 2. The number of nitrogens with one attached hydrogen (secondary N) is 2. The fraction of sp³-hybridized carbons (Fsp3) is 0.250. The van der Waals surface area contributed by atoms with E-state index in [1.807, 2.05) is 25.1 Å². The Morgan fingerprint density at radius 1 is 1.19 bits per heavy atom. The van der Waals surface area contributed by atoms with Gasteiger partial charge in [-0.3, -0.25) is 15.0 Å². The summed E-state index contributed by atoms with van der Waals surface area (Å²) < 4.78 is 1.65. The number of nitrogens with zero attached hydrogens (tertiary/aromatic N) is 3. The number of aromatic nitrogens is 3. The van der Waals surface area contributed by atoms with Crippen LogP contribution >= 0.6 is 0 Å². The summed E-state index contributed by atoms with van der Waals surface area (Å²) in [5.41, 5.74) is 4.18. The van der Waals surface area contributed by atoms with Crippen LogP contribution in [0.2, 0.25) is 0 Å². The minimum absolute atomic E-state index is 0.180. The first-order valence-electron chi connectivity index (χ1n) is 8.55. The van der Waals surface area contributed by atoms with Gasteiger partial charge in [0.25, 0.3) is 0 Å². The van der Waals surface area contributed by atoms with Crippen LogP contribution in [0, 0.1) is 13.8 Å². The second-order valence-corrected chi connectivity index (χ2v) is 6.42. The molecule has 0 fully saturated rings. The highest BCUT2D eigenvalue weighted by Gasteiger charge is 2.16. The highest BCUT2D eigenvalue weighted by atomic mass is 16.2. The molecule has 0 aliphatic carbocycles. The van der Waals surface area contributed by atoms with Crippen LogP contribution < -0.4 is 10.6 Å². The van der Waals surface area contributed by atoms with Crippen molar-refractivity contribution in [3.8, 4) is 0 Å². The normalized spacial score (nSPS) is 11.8. The average Bonchev–Trinajstić information content (AvgIpc) is 2.94. The van der Waals surface area contributed by atoms with E-state index in [0.29, 0.717) is 12.2 Å². The molecule has 1 aromatic carbocycles. The Kier molecular flexibility index (Phi) is 5.31. The Balaban J connectivity index is 1.76. The Morgan fingerprint density at radius 2 is 1.96 bits per heavy atom. The van der Waals surface area contributed by atoms with Gasteiger partial charge in [0.05, 0.1) is 11.7 Å². The topological polar surface area (TPSA) is 71.8 Å². The molecule has 6 heteroatoms. The van der Waals surface area contributed by atoms with Crippen molar-refractivity contribution in [2.75, 3.05) is 5.32 Å². The van der Waals surface area contributed by atoms with Gasteiger partial charge in [-0.25, -0.2) is 4.79 Å². The average molecular weight is 349 g/mol. The first-order valence-corrected chi connectivity index (χ1v) is 8.55. The molecule has 6 nitrogen and oxygen atoms in total. The second kappa shape index (κ2) is 7.82. The molecule has 2 amide bonds. The molecule has 1 atom stereocenters. The summed E-state index contributed by atoms with van der Waals surface area (Å²) in [4.78, 5) is 16.7. The summed E-state index contributed by atoms with van der Waals surface area (Å²) in [5.74, 6) is 0.653. The van der Waals surface area contributed by atoms with Crippen LogP contribution in [0.15, 0.2) is 54.9 Å². The molecule has 134 valence electrons. The molecule has 0 saturated carbocycles. The quantitative estimate of drug-likeness (QED) is 0.740. The SMILES string of the molecule is Cc1ccc(C[C@@H](NC(=O)Nc2cc(C)nn2C)c2cccnc2)cc1. The molecule has 0 spiro atoms. The van der Waals surface area contributed by atoms with Gasteiger partial charge in [0.2, 0.25) is 0 Å². The van der Waals surface area contributed by atoms with Crippen LogP contribution in [0.5, 0.6) is 0 Å². The lowest BCUT2D eigenvalue weighted by molar-refractivity contribution is 0.248. The summed E-state index contributed by atoms with van der Waals surface area (Å²) >= 11 is 0. The number of hydrogen-bond donors (Lipinski definition) is 2. The predicted molar refractivity (Wildman–Crippen MR) is 102 cm³/mol. The number of rotatable bonds is 5. The lowest BCUT2D eigenvalue weighted by atomic mass is 9.99. The van der Waals surface area contributed by atoms with Gasteiger partial charge in [-0.05, 0) is 37.5 Å². The second-order valence-electron chi connectivity index (χ2n) is 6.42. The molecular weight excluding hydrogens is 326 g/mol. The van der Waals surface area contributed by atoms with E-state index in [9.17, 15) is 4.79 Å². The summed E-state index contributed by atoms with van der Waals surface area (Å²) in [6.45, 7) is 3.95. The smallest absolute Gasteiger partial charge is 0.320 e. The highest BCUT2D eigenvalue weighted by molar-refractivity contribution is 5.88. The largest absolute Gasteiger partial charge is 0.331 e. The Labute approximate surface area is 153 Å². The summed E-state index contributed by atoms with van der Waals surface area (Å²) in [5, 5.41) is 10.1. The van der Waals surface area contributed by atoms with Crippen molar-refractivity contribution in [1.29, 1.82) is 0 Å². The maximum Gasteiger partial charge on any atom is 0.320 e. The van der Waals surface area contributed by atoms with Gasteiger partial charge in [-0.15, -0.1) is 0 Å². The molecule has 3 aromatic rings. The van der Waals surface area contributed by atoms with E-state index in [2.05, 4.69) is 51.9 Å². The number of aryl methyl sites for hydroxylation is 3. The van der Waals surface area contributed by atoms with Crippen LogP contribution in [-0.4, -0.2) is 20.8 Å². The molecule has 0 bridgehead atoms. The lowest BCUT2D eigenvalue weighted by Crippen LogP contribution is -2.34. The van der Waals surface area contributed by atoms with Gasteiger partial charge in [-0.2, -0.15) is 5.10 Å². The fourth-order valence-corrected chi connectivity index (χ4v) is 2.83. The van der Waals surface area contributed by atoms with Gasteiger partial charge in [-0.1, -0.05) is 35.9 Å². The number of hydrogen-bond acceptors (Lipinski definition) is 3. The van der Waals surface area contributed by atoms with Gasteiger partial charge in [0, 0.05) is 25.5 Å². The molecular formula is C20H23N5O. The monoisotopic (exact) mass is 349 g/mol. The van der Waals surface area contributed by atoms with Crippen LogP contribution in [0.1, 0.15) is 28.4 Å². The first-order chi connectivity index (χ1) is 12.5. The molecule has 0 radical (unpaired) electrons. The number of urea groups is 1. The lowest BCUT2D eigenvalue weighted by Gasteiger charge is -2.19. The minimum atomic E-state index is -0.269. The maximum absolute atomic E-state index is 12.5. The molecule has 2 heterocycles.